The molecular weight excluding hydrogens is 242 g/mol. The zero-order valence-electron chi connectivity index (χ0n) is 10.8. The van der Waals surface area contributed by atoms with Gasteiger partial charge in [0, 0.05) is 26.1 Å². The van der Waals surface area contributed by atoms with E-state index in [2.05, 4.69) is 5.32 Å². The Kier molecular flexibility index (Phi) is 4.95. The summed E-state index contributed by atoms with van der Waals surface area (Å²) in [6.45, 7) is 6.49. The van der Waals surface area contributed by atoms with Crippen molar-refractivity contribution in [3.63, 3.8) is 0 Å². The first-order valence-corrected chi connectivity index (χ1v) is 7.76. The molecule has 2 N–H and O–H groups in total. The molecule has 1 aliphatic rings. The topological polar surface area (TPSA) is 75.6 Å². The van der Waals surface area contributed by atoms with Crippen LogP contribution in [0.25, 0.3) is 0 Å². The number of sulfone groups is 1. The number of aliphatic hydroxyl groups is 1. The molecule has 0 amide bonds. The Labute approximate surface area is 103 Å². The molecule has 5 nitrogen and oxygen atoms in total. The van der Waals surface area contributed by atoms with Crippen LogP contribution in [0.3, 0.4) is 0 Å². The minimum Gasteiger partial charge on any atom is -0.386 e. The predicted octanol–water partition coefficient (Wildman–Crippen LogP) is -0.0609. The molecular formula is C11H23NO4S. The number of rotatable bonds is 6. The fourth-order valence-corrected chi connectivity index (χ4v) is 2.66. The molecule has 0 aliphatic carbocycles. The molecule has 17 heavy (non-hydrogen) atoms. The summed E-state index contributed by atoms with van der Waals surface area (Å²) in [5.74, 6) is 0.107. The average molecular weight is 265 g/mol. The van der Waals surface area contributed by atoms with Crippen molar-refractivity contribution in [2.45, 2.75) is 44.1 Å². The van der Waals surface area contributed by atoms with E-state index in [9.17, 15) is 13.5 Å². The molecule has 102 valence electrons. The van der Waals surface area contributed by atoms with E-state index in [0.717, 1.165) is 0 Å². The molecule has 0 aromatic carbocycles. The molecule has 0 aromatic rings. The third-order valence-corrected chi connectivity index (χ3v) is 5.58. The van der Waals surface area contributed by atoms with Gasteiger partial charge in [-0.05, 0) is 20.8 Å². The first-order chi connectivity index (χ1) is 7.78. The van der Waals surface area contributed by atoms with Crippen LogP contribution < -0.4 is 5.32 Å². The van der Waals surface area contributed by atoms with E-state index in [1.54, 1.807) is 13.8 Å². The van der Waals surface area contributed by atoms with Gasteiger partial charge in [0.2, 0.25) is 0 Å². The SMILES string of the molecule is CC1OCCC1(O)CNCCS(=O)(=O)C(C)C. The van der Waals surface area contributed by atoms with Crippen molar-refractivity contribution >= 4 is 9.84 Å². The molecule has 0 saturated carbocycles. The van der Waals surface area contributed by atoms with E-state index in [-0.39, 0.29) is 17.1 Å². The van der Waals surface area contributed by atoms with Gasteiger partial charge in [-0.15, -0.1) is 0 Å². The fourth-order valence-electron chi connectivity index (χ4n) is 1.76. The second kappa shape index (κ2) is 5.65. The maximum absolute atomic E-state index is 11.5. The normalized spacial score (nSPS) is 30.1. The molecule has 1 saturated heterocycles. The Balaban J connectivity index is 2.30. The fraction of sp³-hybridized carbons (Fsp3) is 1.00. The monoisotopic (exact) mass is 265 g/mol. The van der Waals surface area contributed by atoms with Gasteiger partial charge in [0.25, 0.3) is 0 Å². The average Bonchev–Trinajstić information content (AvgIpc) is 2.55. The van der Waals surface area contributed by atoms with Crippen LogP contribution in [0, 0.1) is 0 Å². The Morgan fingerprint density at radius 1 is 1.53 bits per heavy atom. The van der Waals surface area contributed by atoms with Gasteiger partial charge in [-0.25, -0.2) is 8.42 Å². The summed E-state index contributed by atoms with van der Waals surface area (Å²) in [7, 11) is -3.00. The minimum absolute atomic E-state index is 0.107. The van der Waals surface area contributed by atoms with Crippen molar-refractivity contribution in [2.24, 2.45) is 0 Å². The molecule has 0 spiro atoms. The van der Waals surface area contributed by atoms with Crippen LogP contribution in [-0.4, -0.2) is 55.9 Å². The van der Waals surface area contributed by atoms with Crippen molar-refractivity contribution < 1.29 is 18.3 Å². The molecule has 2 atom stereocenters. The van der Waals surface area contributed by atoms with Crippen LogP contribution in [0.4, 0.5) is 0 Å². The standard InChI is InChI=1S/C11H23NO4S/c1-9(2)17(14,15)7-5-12-8-11(13)4-6-16-10(11)3/h9-10,12-13H,4-8H2,1-3H3. The largest absolute Gasteiger partial charge is 0.386 e. The quantitative estimate of drug-likeness (QED) is 0.658. The molecule has 0 aromatic heterocycles. The van der Waals surface area contributed by atoms with Crippen LogP contribution in [0.2, 0.25) is 0 Å². The lowest BCUT2D eigenvalue weighted by molar-refractivity contribution is -0.0257. The summed E-state index contributed by atoms with van der Waals surface area (Å²) < 4.78 is 28.4. The first kappa shape index (κ1) is 14.9. The van der Waals surface area contributed by atoms with Gasteiger partial charge >= 0.3 is 0 Å². The van der Waals surface area contributed by atoms with E-state index in [1.165, 1.54) is 0 Å². The highest BCUT2D eigenvalue weighted by Crippen LogP contribution is 2.24. The number of hydrogen-bond acceptors (Lipinski definition) is 5. The van der Waals surface area contributed by atoms with Gasteiger partial charge in [0.15, 0.2) is 9.84 Å². The van der Waals surface area contributed by atoms with E-state index >= 15 is 0 Å². The Morgan fingerprint density at radius 3 is 2.65 bits per heavy atom. The zero-order valence-corrected chi connectivity index (χ0v) is 11.6. The smallest absolute Gasteiger partial charge is 0.153 e. The molecule has 2 unspecified atom stereocenters. The Morgan fingerprint density at radius 2 is 2.18 bits per heavy atom. The Hall–Kier alpha value is -0.170. The van der Waals surface area contributed by atoms with Crippen molar-refractivity contribution in [3.05, 3.63) is 0 Å². The van der Waals surface area contributed by atoms with Crippen LogP contribution >= 0.6 is 0 Å². The maximum atomic E-state index is 11.5. The summed E-state index contributed by atoms with van der Waals surface area (Å²) in [5.41, 5.74) is -0.860. The lowest BCUT2D eigenvalue weighted by Gasteiger charge is -2.26. The minimum atomic E-state index is -3.00. The van der Waals surface area contributed by atoms with Crippen molar-refractivity contribution in [1.29, 1.82) is 0 Å². The van der Waals surface area contributed by atoms with E-state index in [0.29, 0.717) is 26.1 Å². The molecule has 0 radical (unpaired) electrons. The second-order valence-electron chi connectivity index (χ2n) is 4.96. The van der Waals surface area contributed by atoms with Crippen molar-refractivity contribution in [1.82, 2.24) is 5.32 Å². The van der Waals surface area contributed by atoms with Crippen molar-refractivity contribution in [2.75, 3.05) is 25.4 Å². The first-order valence-electron chi connectivity index (χ1n) is 6.04. The molecule has 1 aliphatic heterocycles. The van der Waals surface area contributed by atoms with Gasteiger partial charge < -0.3 is 15.2 Å². The highest BCUT2D eigenvalue weighted by Gasteiger charge is 2.38. The molecule has 6 heteroatoms. The zero-order chi connectivity index (χ0) is 13.1. The summed E-state index contributed by atoms with van der Waals surface area (Å²) in [5, 5.41) is 12.8. The van der Waals surface area contributed by atoms with Gasteiger partial charge in [-0.2, -0.15) is 0 Å². The highest BCUT2D eigenvalue weighted by atomic mass is 32.2. The van der Waals surface area contributed by atoms with Crippen molar-refractivity contribution in [3.8, 4) is 0 Å². The van der Waals surface area contributed by atoms with Crippen LogP contribution in [-0.2, 0) is 14.6 Å². The molecule has 1 heterocycles. The lowest BCUT2D eigenvalue weighted by atomic mass is 9.97. The third-order valence-electron chi connectivity index (χ3n) is 3.37. The lowest BCUT2D eigenvalue weighted by Crippen LogP contribution is -2.46. The summed E-state index contributed by atoms with van der Waals surface area (Å²) >= 11 is 0. The van der Waals surface area contributed by atoms with Crippen LogP contribution in [0.1, 0.15) is 27.2 Å². The van der Waals surface area contributed by atoms with Gasteiger partial charge in [-0.1, -0.05) is 0 Å². The van der Waals surface area contributed by atoms with Gasteiger partial charge in [0.1, 0.15) is 5.60 Å². The predicted molar refractivity (Wildman–Crippen MR) is 66.8 cm³/mol. The number of nitrogens with one attached hydrogen (secondary N) is 1. The van der Waals surface area contributed by atoms with Gasteiger partial charge in [-0.3, -0.25) is 0 Å². The van der Waals surface area contributed by atoms with E-state index in [1.807, 2.05) is 6.92 Å². The summed E-state index contributed by atoms with van der Waals surface area (Å²) in [6, 6.07) is 0. The highest BCUT2D eigenvalue weighted by molar-refractivity contribution is 7.92. The Bertz CT molecular complexity index is 341. The molecule has 0 bridgehead atoms. The second-order valence-corrected chi connectivity index (χ2v) is 7.64. The van der Waals surface area contributed by atoms with E-state index < -0.39 is 15.4 Å². The van der Waals surface area contributed by atoms with Gasteiger partial charge in [0.05, 0.1) is 17.1 Å². The number of ether oxygens (including phenoxy) is 1. The summed E-state index contributed by atoms with van der Waals surface area (Å²) in [4.78, 5) is 0. The third kappa shape index (κ3) is 3.91. The van der Waals surface area contributed by atoms with Crippen LogP contribution in [0.5, 0.6) is 0 Å². The number of hydrogen-bond donors (Lipinski definition) is 2. The molecule has 1 rings (SSSR count). The maximum Gasteiger partial charge on any atom is 0.153 e. The summed E-state index contributed by atoms with van der Waals surface area (Å²) in [6.07, 6.45) is 0.398. The van der Waals surface area contributed by atoms with Crippen LogP contribution in [0.15, 0.2) is 0 Å². The van der Waals surface area contributed by atoms with E-state index in [4.69, 9.17) is 4.74 Å². The molecule has 1 fully saturated rings.